The lowest BCUT2D eigenvalue weighted by Gasteiger charge is -2.06. The summed E-state index contributed by atoms with van der Waals surface area (Å²) < 4.78 is 13.9. The lowest BCUT2D eigenvalue weighted by molar-refractivity contribution is 0.0992. The van der Waals surface area contributed by atoms with Crippen molar-refractivity contribution in [2.75, 3.05) is 0 Å². The maximum atomic E-state index is 13.2. The zero-order valence-corrected chi connectivity index (χ0v) is 12.6. The third kappa shape index (κ3) is 3.43. The molecule has 19 heavy (non-hydrogen) atoms. The van der Waals surface area contributed by atoms with Crippen LogP contribution in [0.25, 0.3) is 0 Å². The second kappa shape index (κ2) is 5.85. The Kier molecular flexibility index (Phi) is 4.38. The van der Waals surface area contributed by atoms with E-state index in [1.165, 1.54) is 12.1 Å². The molecule has 0 aliphatic heterocycles. The molecule has 0 bridgehead atoms. The van der Waals surface area contributed by atoms with Crippen LogP contribution in [0.3, 0.4) is 0 Å². The molecular weight excluding hydrogens is 331 g/mol. The fraction of sp³-hybridized carbons (Fsp3) is 0.133. The van der Waals surface area contributed by atoms with Crippen molar-refractivity contribution >= 4 is 33.3 Å². The third-order valence-electron chi connectivity index (χ3n) is 2.90. The summed E-state index contributed by atoms with van der Waals surface area (Å²) in [4.78, 5) is 12.1. The van der Waals surface area contributed by atoms with Gasteiger partial charge < -0.3 is 0 Å². The van der Waals surface area contributed by atoms with E-state index in [9.17, 15) is 9.18 Å². The predicted octanol–water partition coefficient (Wildman–Crippen LogP) is 4.98. The molecule has 0 unspecified atom stereocenters. The Morgan fingerprint density at radius 1 is 1.26 bits per heavy atom. The molecule has 98 valence electrons. The first kappa shape index (κ1) is 14.2. The van der Waals surface area contributed by atoms with E-state index in [1.807, 2.05) is 6.92 Å². The Morgan fingerprint density at radius 3 is 2.68 bits per heavy atom. The van der Waals surface area contributed by atoms with Gasteiger partial charge >= 0.3 is 0 Å². The minimum Gasteiger partial charge on any atom is -0.294 e. The SMILES string of the molecule is Cc1ccc(F)cc1CC(=O)c1ccc(Br)c(Cl)c1. The van der Waals surface area contributed by atoms with Gasteiger partial charge in [0.2, 0.25) is 0 Å². The van der Waals surface area contributed by atoms with Crippen molar-refractivity contribution in [2.24, 2.45) is 0 Å². The minimum atomic E-state index is -0.331. The molecular formula is C15H11BrClFO. The van der Waals surface area contributed by atoms with E-state index >= 15 is 0 Å². The van der Waals surface area contributed by atoms with Gasteiger partial charge in [0.15, 0.2) is 5.78 Å². The second-order valence-corrected chi connectivity index (χ2v) is 5.56. The third-order valence-corrected chi connectivity index (χ3v) is 4.14. The number of carbonyl (C=O) groups excluding carboxylic acids is 1. The molecule has 0 saturated carbocycles. The van der Waals surface area contributed by atoms with Gasteiger partial charge in [0, 0.05) is 16.5 Å². The van der Waals surface area contributed by atoms with E-state index in [1.54, 1.807) is 24.3 Å². The normalized spacial score (nSPS) is 10.5. The zero-order valence-electron chi connectivity index (χ0n) is 10.2. The number of ketones is 1. The molecule has 0 aliphatic rings. The van der Waals surface area contributed by atoms with Crippen LogP contribution >= 0.6 is 27.5 Å². The molecule has 2 rings (SSSR count). The van der Waals surface area contributed by atoms with E-state index in [0.717, 1.165) is 10.0 Å². The van der Waals surface area contributed by atoms with Gasteiger partial charge in [-0.15, -0.1) is 0 Å². The first-order chi connectivity index (χ1) is 8.97. The standard InChI is InChI=1S/C15H11BrClFO/c1-9-2-4-12(18)6-11(9)8-15(19)10-3-5-13(16)14(17)7-10/h2-7H,8H2,1H3. The molecule has 4 heteroatoms. The van der Waals surface area contributed by atoms with E-state index in [-0.39, 0.29) is 18.0 Å². The van der Waals surface area contributed by atoms with Crippen LogP contribution in [-0.2, 0) is 6.42 Å². The molecule has 0 fully saturated rings. The van der Waals surface area contributed by atoms with Crippen LogP contribution in [0.1, 0.15) is 21.5 Å². The minimum absolute atomic E-state index is 0.0805. The molecule has 2 aromatic rings. The van der Waals surface area contributed by atoms with E-state index in [2.05, 4.69) is 15.9 Å². The molecule has 0 aliphatic carbocycles. The summed E-state index contributed by atoms with van der Waals surface area (Å²) in [6, 6.07) is 9.50. The average Bonchev–Trinajstić information content (AvgIpc) is 2.37. The number of benzene rings is 2. The Labute approximate surface area is 124 Å². The molecule has 0 radical (unpaired) electrons. The summed E-state index contributed by atoms with van der Waals surface area (Å²) in [5.41, 5.74) is 2.12. The molecule has 0 atom stereocenters. The second-order valence-electron chi connectivity index (χ2n) is 4.30. The quantitative estimate of drug-likeness (QED) is 0.720. The summed E-state index contributed by atoms with van der Waals surface area (Å²) in [7, 11) is 0. The Bertz CT molecular complexity index is 640. The summed E-state index contributed by atoms with van der Waals surface area (Å²) in [6.45, 7) is 1.86. The van der Waals surface area contributed by atoms with Crippen LogP contribution < -0.4 is 0 Å². The first-order valence-electron chi connectivity index (χ1n) is 5.70. The fourth-order valence-corrected chi connectivity index (χ4v) is 2.20. The van der Waals surface area contributed by atoms with Crippen LogP contribution in [0.15, 0.2) is 40.9 Å². The highest BCUT2D eigenvalue weighted by Gasteiger charge is 2.11. The highest BCUT2D eigenvalue weighted by Crippen LogP contribution is 2.24. The van der Waals surface area contributed by atoms with Crippen molar-refractivity contribution in [1.29, 1.82) is 0 Å². The van der Waals surface area contributed by atoms with Gasteiger partial charge in [0.25, 0.3) is 0 Å². The smallest absolute Gasteiger partial charge is 0.167 e. The number of hydrogen-bond donors (Lipinski definition) is 0. The molecule has 0 aromatic heterocycles. The van der Waals surface area contributed by atoms with Crippen LogP contribution in [0.2, 0.25) is 5.02 Å². The summed E-state index contributed by atoms with van der Waals surface area (Å²) >= 11 is 9.23. The van der Waals surface area contributed by atoms with Crippen molar-refractivity contribution in [2.45, 2.75) is 13.3 Å². The highest BCUT2D eigenvalue weighted by molar-refractivity contribution is 9.10. The van der Waals surface area contributed by atoms with Crippen LogP contribution in [-0.4, -0.2) is 5.78 Å². The van der Waals surface area contributed by atoms with E-state index < -0.39 is 0 Å². The zero-order chi connectivity index (χ0) is 14.0. The number of rotatable bonds is 3. The van der Waals surface area contributed by atoms with Crippen LogP contribution in [0, 0.1) is 12.7 Å². The van der Waals surface area contributed by atoms with Crippen molar-refractivity contribution in [3.63, 3.8) is 0 Å². The molecule has 0 spiro atoms. The van der Waals surface area contributed by atoms with Gasteiger partial charge in [0.1, 0.15) is 5.82 Å². The molecule has 0 saturated heterocycles. The van der Waals surface area contributed by atoms with Crippen molar-refractivity contribution in [3.8, 4) is 0 Å². The summed E-state index contributed by atoms with van der Waals surface area (Å²) in [5.74, 6) is -0.412. The Balaban J connectivity index is 2.25. The number of halogens is 3. The molecule has 2 aromatic carbocycles. The van der Waals surface area contributed by atoms with Gasteiger partial charge in [-0.25, -0.2) is 4.39 Å². The summed E-state index contributed by atoms with van der Waals surface area (Å²) in [5, 5.41) is 0.488. The van der Waals surface area contributed by atoms with Crippen molar-refractivity contribution < 1.29 is 9.18 Å². The van der Waals surface area contributed by atoms with Gasteiger partial charge in [-0.2, -0.15) is 0 Å². The van der Waals surface area contributed by atoms with Gasteiger partial charge in [-0.1, -0.05) is 23.7 Å². The summed E-state index contributed by atoms with van der Waals surface area (Å²) in [6.07, 6.45) is 0.168. The molecule has 0 heterocycles. The van der Waals surface area contributed by atoms with E-state index in [0.29, 0.717) is 16.1 Å². The van der Waals surface area contributed by atoms with Gasteiger partial charge in [0.05, 0.1) is 5.02 Å². The van der Waals surface area contributed by atoms with Gasteiger partial charge in [-0.3, -0.25) is 4.79 Å². The highest BCUT2D eigenvalue weighted by atomic mass is 79.9. The largest absolute Gasteiger partial charge is 0.294 e. The van der Waals surface area contributed by atoms with Crippen LogP contribution in [0.4, 0.5) is 4.39 Å². The average molecular weight is 342 g/mol. The first-order valence-corrected chi connectivity index (χ1v) is 6.88. The Hall–Kier alpha value is -1.19. The number of carbonyl (C=O) groups is 1. The van der Waals surface area contributed by atoms with Crippen molar-refractivity contribution in [3.05, 3.63) is 68.4 Å². The lowest BCUT2D eigenvalue weighted by atomic mass is 9.99. The van der Waals surface area contributed by atoms with E-state index in [4.69, 9.17) is 11.6 Å². The topological polar surface area (TPSA) is 17.1 Å². The monoisotopic (exact) mass is 340 g/mol. The number of Topliss-reactive ketones (excluding diaryl/α,β-unsaturated/α-hetero) is 1. The lowest BCUT2D eigenvalue weighted by Crippen LogP contribution is -2.05. The predicted molar refractivity (Wildman–Crippen MR) is 78.3 cm³/mol. The molecule has 0 amide bonds. The molecule has 1 nitrogen and oxygen atoms in total. The number of hydrogen-bond acceptors (Lipinski definition) is 1. The van der Waals surface area contributed by atoms with Crippen LogP contribution in [0.5, 0.6) is 0 Å². The Morgan fingerprint density at radius 2 is 2.00 bits per heavy atom. The maximum Gasteiger partial charge on any atom is 0.167 e. The number of aryl methyl sites for hydroxylation is 1. The van der Waals surface area contributed by atoms with Gasteiger partial charge in [-0.05, 0) is 58.2 Å². The fourth-order valence-electron chi connectivity index (χ4n) is 1.78. The maximum absolute atomic E-state index is 13.2. The molecule has 0 N–H and O–H groups in total. The van der Waals surface area contributed by atoms with Crippen molar-refractivity contribution in [1.82, 2.24) is 0 Å².